The number of phosphoric acid groups is 3. The van der Waals surface area contributed by atoms with Crippen molar-refractivity contribution >= 4 is 23.5 Å². The largest absolute Gasteiger partial charge is 0.756 e. The summed E-state index contributed by atoms with van der Waals surface area (Å²) >= 11 is 0. The zero-order chi connectivity index (χ0) is 15.6. The minimum Gasteiger partial charge on any atom is -0.756 e. The lowest BCUT2D eigenvalue weighted by Crippen LogP contribution is -2.20. The molecule has 0 amide bonds. The van der Waals surface area contributed by atoms with Gasteiger partial charge in [-0.15, -0.1) is 0 Å². The highest BCUT2D eigenvalue weighted by Gasteiger charge is 2.27. The first-order chi connectivity index (χ1) is 8.89. The molecule has 20 heavy (non-hydrogen) atoms. The van der Waals surface area contributed by atoms with Crippen molar-refractivity contribution in [2.24, 2.45) is 0 Å². The van der Waals surface area contributed by atoms with E-state index >= 15 is 0 Å². The quantitative estimate of drug-likeness (QED) is 0.555. The van der Waals surface area contributed by atoms with Crippen molar-refractivity contribution in [3.05, 3.63) is 0 Å². The van der Waals surface area contributed by atoms with Gasteiger partial charge >= 0.3 is 0 Å². The fourth-order valence-corrected chi connectivity index (χ4v) is 4.39. The first-order valence-corrected chi connectivity index (χ1v) is 9.69. The van der Waals surface area contributed by atoms with E-state index < -0.39 is 36.2 Å². The van der Waals surface area contributed by atoms with E-state index in [1.165, 1.54) is 0 Å². The summed E-state index contributed by atoms with van der Waals surface area (Å²) in [7, 11) is -16.9. The van der Waals surface area contributed by atoms with E-state index in [4.69, 9.17) is 9.63 Å². The van der Waals surface area contributed by atoms with Crippen LogP contribution in [-0.4, -0.2) is 23.7 Å². The van der Waals surface area contributed by atoms with Gasteiger partial charge in [0.25, 0.3) is 23.5 Å². The number of hydrogen-bond acceptors (Lipinski definition) is 10. The second-order valence-corrected chi connectivity index (χ2v) is 8.26. The van der Waals surface area contributed by atoms with Gasteiger partial charge in [0.05, 0.1) is 18.8 Å². The zero-order valence-electron chi connectivity index (χ0n) is 10.1. The Kier molecular flexibility index (Phi) is 6.12. The topological polar surface area (TPSA) is 178 Å². The monoisotopic (exact) mass is 353 g/mol. The first kappa shape index (κ1) is 18.4. The summed E-state index contributed by atoms with van der Waals surface area (Å²) in [6, 6.07) is 0. The fraction of sp³-hybridized carbons (Fsp3) is 1.00. The van der Waals surface area contributed by atoms with Crippen LogP contribution in [0.15, 0.2) is 0 Å². The number of phosphoric ester groups is 1. The van der Waals surface area contributed by atoms with Crippen LogP contribution in [0.2, 0.25) is 0 Å². The van der Waals surface area contributed by atoms with Gasteiger partial charge < -0.3 is 28.8 Å². The second kappa shape index (κ2) is 6.64. The van der Waals surface area contributed by atoms with Gasteiger partial charge in [0.1, 0.15) is 0 Å². The molecule has 0 aromatic carbocycles. The van der Waals surface area contributed by atoms with Gasteiger partial charge in [-0.2, -0.15) is 0 Å². The molecule has 11 nitrogen and oxygen atoms in total. The predicted molar refractivity (Wildman–Crippen MR) is 56.7 cm³/mol. The van der Waals surface area contributed by atoms with Crippen molar-refractivity contribution in [2.45, 2.75) is 32.0 Å². The molecular formula is C6H12O11P3-3. The van der Waals surface area contributed by atoms with Crippen LogP contribution < -0.4 is 14.7 Å². The van der Waals surface area contributed by atoms with Crippen molar-refractivity contribution in [3.63, 3.8) is 0 Å². The fourth-order valence-electron chi connectivity index (χ4n) is 1.47. The van der Waals surface area contributed by atoms with Gasteiger partial charge in [-0.05, 0) is 19.8 Å². The zero-order valence-corrected chi connectivity index (χ0v) is 12.8. The molecule has 0 aromatic rings. The number of ether oxygens (including phenoxy) is 1. The summed E-state index contributed by atoms with van der Waals surface area (Å²) in [5.41, 5.74) is 0. The van der Waals surface area contributed by atoms with Crippen molar-refractivity contribution < 1.29 is 51.2 Å². The van der Waals surface area contributed by atoms with Crippen LogP contribution in [-0.2, 0) is 31.6 Å². The summed E-state index contributed by atoms with van der Waals surface area (Å²) in [5.74, 6) is 0. The molecule has 1 aliphatic heterocycles. The maximum atomic E-state index is 11.2. The average Bonchev–Trinajstić information content (AvgIpc) is 2.55. The lowest BCUT2D eigenvalue weighted by molar-refractivity contribution is -0.250. The van der Waals surface area contributed by atoms with Gasteiger partial charge in [-0.3, -0.25) is 13.7 Å². The Morgan fingerprint density at radius 2 is 1.75 bits per heavy atom. The molecule has 0 spiro atoms. The second-order valence-electron chi connectivity index (χ2n) is 3.97. The Morgan fingerprint density at radius 3 is 2.20 bits per heavy atom. The summed E-state index contributed by atoms with van der Waals surface area (Å²) in [6.07, 6.45) is 0.570. The molecular weight excluding hydrogens is 341 g/mol. The molecule has 1 rings (SSSR count). The van der Waals surface area contributed by atoms with Gasteiger partial charge in [0.2, 0.25) is 0 Å². The highest BCUT2D eigenvalue weighted by molar-refractivity contribution is 7.65. The van der Waals surface area contributed by atoms with E-state index in [0.29, 0.717) is 12.8 Å². The predicted octanol–water partition coefficient (Wildman–Crippen LogP) is -0.999. The average molecular weight is 353 g/mol. The van der Waals surface area contributed by atoms with E-state index in [9.17, 15) is 28.4 Å². The van der Waals surface area contributed by atoms with Crippen LogP contribution in [0.4, 0.5) is 0 Å². The van der Waals surface area contributed by atoms with Gasteiger partial charge in [-0.1, -0.05) is 0 Å². The normalized spacial score (nSPS) is 32.2. The molecule has 0 bridgehead atoms. The molecule has 0 aromatic heterocycles. The van der Waals surface area contributed by atoms with Crippen LogP contribution in [0.3, 0.4) is 0 Å². The maximum absolute atomic E-state index is 11.2. The summed E-state index contributed by atoms with van der Waals surface area (Å²) < 4.78 is 48.3. The Bertz CT molecular complexity index is 471. The molecule has 3 unspecified atom stereocenters. The van der Waals surface area contributed by atoms with Crippen molar-refractivity contribution in [1.29, 1.82) is 0 Å². The summed E-state index contributed by atoms with van der Waals surface area (Å²) in [5, 5.41) is 0. The Balaban J connectivity index is 2.50. The summed E-state index contributed by atoms with van der Waals surface area (Å²) in [4.78, 5) is 40.4. The molecule has 1 saturated heterocycles. The van der Waals surface area contributed by atoms with E-state index in [-0.39, 0.29) is 6.10 Å². The Labute approximate surface area is 114 Å². The minimum atomic E-state index is -5.83. The third-order valence-electron chi connectivity index (χ3n) is 2.14. The third-order valence-corrected chi connectivity index (χ3v) is 5.83. The van der Waals surface area contributed by atoms with Crippen LogP contribution in [0.5, 0.6) is 0 Å². The molecule has 0 saturated carbocycles. The molecule has 120 valence electrons. The number of hydrogen-bond donors (Lipinski definition) is 1. The minimum absolute atomic E-state index is 0.0785. The van der Waals surface area contributed by atoms with E-state index in [1.54, 1.807) is 6.92 Å². The van der Waals surface area contributed by atoms with Gasteiger partial charge in [-0.25, -0.2) is 8.62 Å². The molecule has 1 heterocycles. The molecule has 5 atom stereocenters. The van der Waals surface area contributed by atoms with E-state index in [0.717, 1.165) is 0 Å². The molecule has 1 N–H and O–H groups in total. The lowest BCUT2D eigenvalue weighted by Gasteiger charge is -2.32. The van der Waals surface area contributed by atoms with Crippen LogP contribution in [0, 0.1) is 0 Å². The van der Waals surface area contributed by atoms with Crippen LogP contribution in [0.1, 0.15) is 19.8 Å². The van der Waals surface area contributed by atoms with Crippen molar-refractivity contribution in [3.8, 4) is 0 Å². The molecule has 1 fully saturated rings. The van der Waals surface area contributed by atoms with Gasteiger partial charge in [0, 0.05) is 0 Å². The Hall–Kier alpha value is 0.370. The first-order valence-electron chi connectivity index (χ1n) is 5.27. The number of rotatable bonds is 7. The van der Waals surface area contributed by atoms with Crippen molar-refractivity contribution in [1.82, 2.24) is 0 Å². The molecule has 1 aliphatic rings. The van der Waals surface area contributed by atoms with Gasteiger partial charge in [0.15, 0.2) is 0 Å². The summed E-state index contributed by atoms with van der Waals surface area (Å²) in [6.45, 7) is 1.28. The SMILES string of the molecule is C[C@H]1CC[C@@H](COP(=O)([O-])OP(=O)([O-])OP(=O)([O-])O)O1. The highest BCUT2D eigenvalue weighted by atomic mass is 31.3. The smallest absolute Gasteiger partial charge is 0.280 e. The standard InChI is InChI=1S/C6H15O11P3/c1-5-2-3-6(15-5)4-14-19(10,11)17-20(12,13)16-18(7,8)9/h5-6H,2-4H2,1H3,(H,10,11)(H,12,13)(H2,7,8,9)/p-3/t5-,6-/m0/s1. The molecule has 0 radical (unpaired) electrons. The van der Waals surface area contributed by atoms with Crippen molar-refractivity contribution in [2.75, 3.05) is 6.61 Å². The molecule has 14 heteroatoms. The van der Waals surface area contributed by atoms with E-state index in [2.05, 4.69) is 13.1 Å². The maximum Gasteiger partial charge on any atom is 0.280 e. The van der Waals surface area contributed by atoms with E-state index in [1.807, 2.05) is 0 Å². The highest BCUT2D eigenvalue weighted by Crippen LogP contribution is 2.61. The van der Waals surface area contributed by atoms with Crippen LogP contribution in [0.25, 0.3) is 0 Å². The third kappa shape index (κ3) is 7.40. The lowest BCUT2D eigenvalue weighted by atomic mass is 10.2. The molecule has 0 aliphatic carbocycles. The van der Waals surface area contributed by atoms with Crippen LogP contribution >= 0.6 is 23.5 Å². The Morgan fingerprint density at radius 1 is 1.15 bits per heavy atom.